The maximum absolute atomic E-state index is 5.69. The van der Waals surface area contributed by atoms with Crippen molar-refractivity contribution >= 4 is 15.6 Å². The highest BCUT2D eigenvalue weighted by Crippen LogP contribution is 2.14. The molecule has 3 nitrogen and oxygen atoms in total. The fraction of sp³-hybridized carbons (Fsp3) is 0.417. The molecule has 0 saturated heterocycles. The fourth-order valence-electron chi connectivity index (χ4n) is 1.11. The smallest absolute Gasteiger partial charge is 0.119 e. The van der Waals surface area contributed by atoms with Crippen LogP contribution in [-0.2, 0) is 0 Å². The molecule has 0 heterocycles. The van der Waals surface area contributed by atoms with E-state index in [1.165, 1.54) is 0 Å². The van der Waals surface area contributed by atoms with Crippen molar-refractivity contribution in [1.82, 2.24) is 4.78 Å². The molecule has 1 aromatic carbocycles. The second-order valence-electron chi connectivity index (χ2n) is 3.72. The van der Waals surface area contributed by atoms with Gasteiger partial charge in [-0.2, -0.15) is 5.10 Å². The van der Waals surface area contributed by atoms with Crippen LogP contribution in [0.1, 0.15) is 25.8 Å². The first-order valence-corrected chi connectivity index (χ1v) is 5.92. The Kier molecular flexibility index (Phi) is 5.27. The molecule has 88 valence electrons. The Balaban J connectivity index is 2.61. The molecule has 0 aromatic heterocycles. The summed E-state index contributed by atoms with van der Waals surface area (Å²) in [4.78, 5) is 0. The van der Waals surface area contributed by atoms with E-state index in [4.69, 9.17) is 4.74 Å². The Labute approximate surface area is 99.7 Å². The molecule has 0 bridgehead atoms. The lowest BCUT2D eigenvalue weighted by atomic mass is 10.2. The SMILES string of the molecule is CCC(C)Oc1ccc(/C=N/N(C)P)cc1. The number of nitrogens with zero attached hydrogens (tertiary/aromatic N) is 2. The summed E-state index contributed by atoms with van der Waals surface area (Å²) in [6.07, 6.45) is 3.08. The topological polar surface area (TPSA) is 24.8 Å². The molecule has 0 saturated carbocycles. The third-order valence-electron chi connectivity index (χ3n) is 2.18. The minimum Gasteiger partial charge on any atom is -0.491 e. The first kappa shape index (κ1) is 13.0. The molecule has 16 heavy (non-hydrogen) atoms. The van der Waals surface area contributed by atoms with Crippen molar-refractivity contribution in [1.29, 1.82) is 0 Å². The first-order chi connectivity index (χ1) is 7.61. The zero-order chi connectivity index (χ0) is 12.0. The molecule has 0 aliphatic carbocycles. The molecule has 0 radical (unpaired) electrons. The van der Waals surface area contributed by atoms with Gasteiger partial charge < -0.3 is 4.74 Å². The lowest BCUT2D eigenvalue weighted by molar-refractivity contribution is 0.217. The van der Waals surface area contributed by atoms with Crippen molar-refractivity contribution in [2.24, 2.45) is 5.10 Å². The average Bonchev–Trinajstić information content (AvgIpc) is 2.28. The Bertz CT molecular complexity index is 335. The van der Waals surface area contributed by atoms with Crippen molar-refractivity contribution in [3.63, 3.8) is 0 Å². The molecule has 0 N–H and O–H groups in total. The number of hydrogen-bond acceptors (Lipinski definition) is 3. The fourth-order valence-corrected chi connectivity index (χ4v) is 1.17. The second kappa shape index (κ2) is 6.49. The summed E-state index contributed by atoms with van der Waals surface area (Å²) in [5.74, 6) is 0.908. The van der Waals surface area contributed by atoms with Gasteiger partial charge >= 0.3 is 0 Å². The standard InChI is InChI=1S/C12H19N2OP/c1-4-10(2)15-12-7-5-11(6-8-12)9-13-14(3)16/h5-10H,4,16H2,1-3H3/b13-9+. The van der Waals surface area contributed by atoms with Gasteiger partial charge in [-0.1, -0.05) is 6.92 Å². The van der Waals surface area contributed by atoms with Crippen LogP contribution < -0.4 is 4.74 Å². The number of hydrogen-bond donors (Lipinski definition) is 0. The zero-order valence-electron chi connectivity index (χ0n) is 10.1. The number of hydrazone groups is 1. The van der Waals surface area contributed by atoms with Gasteiger partial charge in [0.05, 0.1) is 12.3 Å². The van der Waals surface area contributed by atoms with E-state index < -0.39 is 0 Å². The van der Waals surface area contributed by atoms with Gasteiger partial charge in [-0.3, -0.25) is 4.78 Å². The molecular weight excluding hydrogens is 219 g/mol. The van der Waals surface area contributed by atoms with E-state index in [1.807, 2.05) is 31.3 Å². The van der Waals surface area contributed by atoms with Crippen molar-refractivity contribution < 1.29 is 4.74 Å². The molecule has 2 unspecified atom stereocenters. The Hall–Kier alpha value is -1.08. The van der Waals surface area contributed by atoms with Gasteiger partial charge in [-0.25, -0.2) is 0 Å². The van der Waals surface area contributed by atoms with Crippen molar-refractivity contribution in [2.75, 3.05) is 7.05 Å². The Morgan fingerprint density at radius 1 is 1.44 bits per heavy atom. The van der Waals surface area contributed by atoms with Crippen LogP contribution in [0, 0.1) is 0 Å². The van der Waals surface area contributed by atoms with Gasteiger partial charge in [0.25, 0.3) is 0 Å². The molecule has 4 heteroatoms. The summed E-state index contributed by atoms with van der Waals surface area (Å²) in [5, 5.41) is 4.13. The van der Waals surface area contributed by atoms with Gasteiger partial charge in [0.2, 0.25) is 0 Å². The van der Waals surface area contributed by atoms with Gasteiger partial charge in [0.15, 0.2) is 0 Å². The van der Waals surface area contributed by atoms with E-state index in [-0.39, 0.29) is 6.10 Å². The highest BCUT2D eigenvalue weighted by atomic mass is 31.0. The lowest BCUT2D eigenvalue weighted by Gasteiger charge is -2.12. The molecule has 2 atom stereocenters. The highest BCUT2D eigenvalue weighted by molar-refractivity contribution is 7.13. The quantitative estimate of drug-likeness (QED) is 0.447. The summed E-state index contributed by atoms with van der Waals surface area (Å²) in [6, 6.07) is 7.93. The van der Waals surface area contributed by atoms with Gasteiger partial charge in [0.1, 0.15) is 5.75 Å². The molecule has 0 fully saturated rings. The third kappa shape index (κ3) is 4.63. The van der Waals surface area contributed by atoms with E-state index in [2.05, 4.69) is 28.3 Å². The van der Waals surface area contributed by atoms with Crippen LogP contribution in [0.5, 0.6) is 5.75 Å². The summed E-state index contributed by atoms with van der Waals surface area (Å²) in [5.41, 5.74) is 1.06. The van der Waals surface area contributed by atoms with Crippen LogP contribution in [-0.4, -0.2) is 24.1 Å². The highest BCUT2D eigenvalue weighted by Gasteiger charge is 2.00. The molecular formula is C12H19N2OP. The van der Waals surface area contributed by atoms with E-state index >= 15 is 0 Å². The summed E-state index contributed by atoms with van der Waals surface area (Å²) in [7, 11) is 4.34. The second-order valence-corrected chi connectivity index (χ2v) is 4.47. The number of ether oxygens (including phenoxy) is 1. The molecule has 0 aliphatic heterocycles. The average molecular weight is 238 g/mol. The first-order valence-electron chi connectivity index (χ1n) is 5.41. The monoisotopic (exact) mass is 238 g/mol. The van der Waals surface area contributed by atoms with Gasteiger partial charge in [0, 0.05) is 7.05 Å². The third-order valence-corrected chi connectivity index (χ3v) is 2.31. The predicted molar refractivity (Wildman–Crippen MR) is 71.9 cm³/mol. The summed E-state index contributed by atoms with van der Waals surface area (Å²) in [6.45, 7) is 4.18. The van der Waals surface area contributed by atoms with Crippen molar-refractivity contribution in [3.05, 3.63) is 29.8 Å². The molecule has 0 aliphatic rings. The zero-order valence-corrected chi connectivity index (χ0v) is 11.2. The van der Waals surface area contributed by atoms with Crippen molar-refractivity contribution in [2.45, 2.75) is 26.4 Å². The van der Waals surface area contributed by atoms with Crippen molar-refractivity contribution in [3.8, 4) is 5.75 Å². The van der Waals surface area contributed by atoms with Crippen LogP contribution >= 0.6 is 9.39 Å². The van der Waals surface area contributed by atoms with E-state index in [9.17, 15) is 0 Å². The number of rotatable bonds is 5. The molecule has 0 amide bonds. The Morgan fingerprint density at radius 3 is 2.56 bits per heavy atom. The van der Waals surface area contributed by atoms with Crippen LogP contribution in [0.4, 0.5) is 0 Å². The predicted octanol–water partition coefficient (Wildman–Crippen LogP) is 2.92. The minimum atomic E-state index is 0.262. The van der Waals surface area contributed by atoms with Crippen LogP contribution in [0.25, 0.3) is 0 Å². The maximum Gasteiger partial charge on any atom is 0.119 e. The molecule has 0 spiro atoms. The van der Waals surface area contributed by atoms with E-state index in [0.717, 1.165) is 17.7 Å². The van der Waals surface area contributed by atoms with Gasteiger partial charge in [-0.15, -0.1) is 0 Å². The van der Waals surface area contributed by atoms with E-state index in [1.54, 1.807) is 11.0 Å². The largest absolute Gasteiger partial charge is 0.491 e. The normalized spacial score (nSPS) is 12.8. The lowest BCUT2D eigenvalue weighted by Crippen LogP contribution is -2.09. The van der Waals surface area contributed by atoms with Crippen LogP contribution in [0.3, 0.4) is 0 Å². The van der Waals surface area contributed by atoms with Crippen LogP contribution in [0.15, 0.2) is 29.4 Å². The van der Waals surface area contributed by atoms with E-state index in [0.29, 0.717) is 0 Å². The summed E-state index contributed by atoms with van der Waals surface area (Å²) >= 11 is 0. The minimum absolute atomic E-state index is 0.262. The Morgan fingerprint density at radius 2 is 2.06 bits per heavy atom. The molecule has 1 rings (SSSR count). The van der Waals surface area contributed by atoms with Crippen LogP contribution in [0.2, 0.25) is 0 Å². The van der Waals surface area contributed by atoms with Gasteiger partial charge in [-0.05, 0) is 52.6 Å². The molecule has 1 aromatic rings. The summed E-state index contributed by atoms with van der Waals surface area (Å²) < 4.78 is 7.37. The maximum atomic E-state index is 5.69. The number of benzene rings is 1.